The standard InChI is InChI=1S/C9H13N3O3S/c1-4(5(2)8(14)15)7(13)10-9-12-11-6(3)16-9/h4-5H,1-3H3,(H,14,15)(H,10,12,13). The van der Waals surface area contributed by atoms with E-state index >= 15 is 0 Å². The molecule has 0 bridgehead atoms. The van der Waals surface area contributed by atoms with Gasteiger partial charge in [-0.2, -0.15) is 0 Å². The Labute approximate surface area is 96.7 Å². The summed E-state index contributed by atoms with van der Waals surface area (Å²) >= 11 is 1.25. The zero-order chi connectivity index (χ0) is 12.3. The number of amides is 1. The maximum absolute atomic E-state index is 11.6. The van der Waals surface area contributed by atoms with E-state index < -0.39 is 17.8 Å². The molecule has 6 nitrogen and oxygen atoms in total. The van der Waals surface area contributed by atoms with Crippen LogP contribution in [0.4, 0.5) is 5.13 Å². The van der Waals surface area contributed by atoms with Crippen LogP contribution in [0.1, 0.15) is 18.9 Å². The van der Waals surface area contributed by atoms with Crippen molar-refractivity contribution in [3.63, 3.8) is 0 Å². The van der Waals surface area contributed by atoms with E-state index in [4.69, 9.17) is 5.11 Å². The number of hydrogen-bond acceptors (Lipinski definition) is 5. The molecule has 1 aromatic rings. The molecule has 88 valence electrons. The Balaban J connectivity index is 2.62. The molecule has 1 aromatic heterocycles. The molecule has 2 unspecified atom stereocenters. The number of carboxylic acid groups (broad SMARTS) is 1. The number of anilines is 1. The first-order chi connectivity index (χ1) is 7.41. The number of nitrogens with zero attached hydrogens (tertiary/aromatic N) is 2. The first kappa shape index (κ1) is 12.6. The number of nitrogens with one attached hydrogen (secondary N) is 1. The summed E-state index contributed by atoms with van der Waals surface area (Å²) in [6.45, 7) is 4.84. The van der Waals surface area contributed by atoms with E-state index in [1.807, 2.05) is 0 Å². The fourth-order valence-electron chi connectivity index (χ4n) is 1.01. The lowest BCUT2D eigenvalue weighted by Crippen LogP contribution is -2.29. The van der Waals surface area contributed by atoms with Crippen molar-refractivity contribution in [3.8, 4) is 0 Å². The van der Waals surface area contributed by atoms with Gasteiger partial charge in [0.05, 0.1) is 5.92 Å². The van der Waals surface area contributed by atoms with E-state index in [1.165, 1.54) is 18.3 Å². The Morgan fingerprint density at radius 3 is 2.38 bits per heavy atom. The molecule has 1 rings (SSSR count). The molecule has 1 heterocycles. The van der Waals surface area contributed by atoms with Crippen LogP contribution >= 0.6 is 11.3 Å². The van der Waals surface area contributed by atoms with Crippen molar-refractivity contribution in [3.05, 3.63) is 5.01 Å². The molecule has 0 aliphatic carbocycles. The molecule has 1 amide bonds. The number of hydrogen-bond donors (Lipinski definition) is 2. The Morgan fingerprint density at radius 2 is 1.94 bits per heavy atom. The van der Waals surface area contributed by atoms with Gasteiger partial charge in [-0.15, -0.1) is 10.2 Å². The lowest BCUT2D eigenvalue weighted by Gasteiger charge is -2.14. The van der Waals surface area contributed by atoms with Gasteiger partial charge < -0.3 is 10.4 Å². The molecule has 0 aliphatic heterocycles. The SMILES string of the molecule is Cc1nnc(NC(=O)C(C)C(C)C(=O)O)s1. The summed E-state index contributed by atoms with van der Waals surface area (Å²) in [7, 11) is 0. The zero-order valence-electron chi connectivity index (χ0n) is 9.22. The van der Waals surface area contributed by atoms with Crippen LogP contribution in [-0.4, -0.2) is 27.2 Å². The minimum Gasteiger partial charge on any atom is -0.481 e. The number of carboxylic acids is 1. The van der Waals surface area contributed by atoms with Crippen molar-refractivity contribution in [2.75, 3.05) is 5.32 Å². The van der Waals surface area contributed by atoms with E-state index in [9.17, 15) is 9.59 Å². The molecule has 0 saturated heterocycles. The number of aromatic nitrogens is 2. The third kappa shape index (κ3) is 2.99. The molecule has 0 aliphatic rings. The highest BCUT2D eigenvalue weighted by Crippen LogP contribution is 2.17. The van der Waals surface area contributed by atoms with Crippen molar-refractivity contribution in [2.45, 2.75) is 20.8 Å². The molecule has 0 fully saturated rings. The molecule has 0 radical (unpaired) electrons. The van der Waals surface area contributed by atoms with Crippen LogP contribution in [0.25, 0.3) is 0 Å². The van der Waals surface area contributed by atoms with E-state index in [2.05, 4.69) is 15.5 Å². The predicted octanol–water partition coefficient (Wildman–Crippen LogP) is 1.14. The molecular weight excluding hydrogens is 230 g/mol. The average molecular weight is 243 g/mol. The molecule has 2 atom stereocenters. The first-order valence-corrected chi connectivity index (χ1v) is 5.57. The molecular formula is C9H13N3O3S. The molecule has 0 spiro atoms. The average Bonchev–Trinajstić information content (AvgIpc) is 2.61. The Bertz CT molecular complexity index is 404. The summed E-state index contributed by atoms with van der Waals surface area (Å²) in [5.41, 5.74) is 0. The van der Waals surface area contributed by atoms with Crippen molar-refractivity contribution in [2.24, 2.45) is 11.8 Å². The van der Waals surface area contributed by atoms with E-state index in [1.54, 1.807) is 13.8 Å². The number of aliphatic carboxylic acids is 1. The quantitative estimate of drug-likeness (QED) is 0.827. The third-order valence-electron chi connectivity index (χ3n) is 2.31. The Hall–Kier alpha value is -1.50. The highest BCUT2D eigenvalue weighted by atomic mass is 32.1. The first-order valence-electron chi connectivity index (χ1n) is 4.75. The number of aryl methyl sites for hydroxylation is 1. The summed E-state index contributed by atoms with van der Waals surface area (Å²) < 4.78 is 0. The monoisotopic (exact) mass is 243 g/mol. The van der Waals surface area contributed by atoms with Crippen LogP contribution in [0.5, 0.6) is 0 Å². The molecule has 0 aromatic carbocycles. The minimum atomic E-state index is -0.990. The van der Waals surface area contributed by atoms with Gasteiger partial charge in [0.25, 0.3) is 0 Å². The third-order valence-corrected chi connectivity index (χ3v) is 3.06. The van der Waals surface area contributed by atoms with Gasteiger partial charge in [-0.1, -0.05) is 25.2 Å². The molecule has 0 saturated carbocycles. The fraction of sp³-hybridized carbons (Fsp3) is 0.556. The lowest BCUT2D eigenvalue weighted by molar-refractivity contribution is -0.145. The summed E-state index contributed by atoms with van der Waals surface area (Å²) in [6.07, 6.45) is 0. The maximum atomic E-state index is 11.6. The largest absolute Gasteiger partial charge is 0.481 e. The maximum Gasteiger partial charge on any atom is 0.307 e. The summed E-state index contributed by atoms with van der Waals surface area (Å²) in [4.78, 5) is 22.3. The Morgan fingerprint density at radius 1 is 1.31 bits per heavy atom. The van der Waals surface area contributed by atoms with Gasteiger partial charge in [-0.05, 0) is 6.92 Å². The molecule has 2 N–H and O–H groups in total. The summed E-state index contributed by atoms with van der Waals surface area (Å²) in [5.74, 6) is -2.68. The van der Waals surface area contributed by atoms with Gasteiger partial charge in [0.1, 0.15) is 5.01 Å². The molecule has 7 heteroatoms. The topological polar surface area (TPSA) is 92.2 Å². The highest BCUT2D eigenvalue weighted by Gasteiger charge is 2.26. The zero-order valence-corrected chi connectivity index (χ0v) is 10.0. The number of carbonyl (C=O) groups is 2. The van der Waals surface area contributed by atoms with Gasteiger partial charge in [0.15, 0.2) is 0 Å². The van der Waals surface area contributed by atoms with Crippen LogP contribution < -0.4 is 5.32 Å². The van der Waals surface area contributed by atoms with Crippen molar-refractivity contribution < 1.29 is 14.7 Å². The van der Waals surface area contributed by atoms with Gasteiger partial charge in [0, 0.05) is 5.92 Å². The van der Waals surface area contributed by atoms with Crippen LogP contribution in [-0.2, 0) is 9.59 Å². The number of rotatable bonds is 4. The summed E-state index contributed by atoms with van der Waals surface area (Å²) in [6, 6.07) is 0. The van der Waals surface area contributed by atoms with Gasteiger partial charge in [-0.25, -0.2) is 0 Å². The normalized spacial score (nSPS) is 14.2. The second-order valence-corrected chi connectivity index (χ2v) is 4.71. The Kier molecular flexibility index (Phi) is 3.94. The van der Waals surface area contributed by atoms with E-state index in [0.717, 1.165) is 5.01 Å². The van der Waals surface area contributed by atoms with Gasteiger partial charge in [-0.3, -0.25) is 9.59 Å². The lowest BCUT2D eigenvalue weighted by atomic mass is 9.95. The van der Waals surface area contributed by atoms with Crippen LogP contribution in [0.3, 0.4) is 0 Å². The van der Waals surface area contributed by atoms with E-state index in [-0.39, 0.29) is 5.91 Å². The van der Waals surface area contributed by atoms with Crippen molar-refractivity contribution in [1.82, 2.24) is 10.2 Å². The molecule has 16 heavy (non-hydrogen) atoms. The summed E-state index contributed by atoms with van der Waals surface area (Å²) in [5, 5.41) is 19.9. The second kappa shape index (κ2) is 5.02. The van der Waals surface area contributed by atoms with Gasteiger partial charge in [0.2, 0.25) is 11.0 Å². The number of carbonyl (C=O) groups excluding carboxylic acids is 1. The van der Waals surface area contributed by atoms with E-state index in [0.29, 0.717) is 5.13 Å². The van der Waals surface area contributed by atoms with Crippen molar-refractivity contribution in [1.29, 1.82) is 0 Å². The predicted molar refractivity (Wildman–Crippen MR) is 59.2 cm³/mol. The van der Waals surface area contributed by atoms with Crippen LogP contribution in [0.15, 0.2) is 0 Å². The highest BCUT2D eigenvalue weighted by molar-refractivity contribution is 7.15. The van der Waals surface area contributed by atoms with Crippen molar-refractivity contribution >= 4 is 28.3 Å². The fourth-order valence-corrected chi connectivity index (χ4v) is 1.60. The second-order valence-electron chi connectivity index (χ2n) is 3.53. The minimum absolute atomic E-state index is 0.356. The van der Waals surface area contributed by atoms with Crippen LogP contribution in [0.2, 0.25) is 0 Å². The smallest absolute Gasteiger partial charge is 0.307 e. The van der Waals surface area contributed by atoms with Gasteiger partial charge >= 0.3 is 5.97 Å². The van der Waals surface area contributed by atoms with Crippen LogP contribution in [0, 0.1) is 18.8 Å².